The lowest BCUT2D eigenvalue weighted by Crippen LogP contribution is -2.23. The van der Waals surface area contributed by atoms with E-state index in [2.05, 4.69) is 10.6 Å². The Morgan fingerprint density at radius 2 is 1.70 bits per heavy atom. The van der Waals surface area contributed by atoms with Crippen molar-refractivity contribution in [1.82, 2.24) is 0 Å². The fraction of sp³-hybridized carbons (Fsp3) is 0.211. The normalized spacial score (nSPS) is 20.0. The highest BCUT2D eigenvalue weighted by atomic mass is 16.3. The molecule has 0 saturated heterocycles. The van der Waals surface area contributed by atoms with Crippen LogP contribution in [-0.4, -0.2) is 10.9 Å². The van der Waals surface area contributed by atoms with Crippen LogP contribution in [0, 0.1) is 0 Å². The summed E-state index contributed by atoms with van der Waals surface area (Å²) >= 11 is 0. The standard InChI is InChI=1S/C19H18N2O2/c22-13-10-8-12(9-11-13)19-18-16(6-3-7-17(18)23)20-14-4-1-2-5-15(14)21-19/h1-2,4-5,8-11,19-22H,3,6-7H2/t19-/m1/s1. The molecule has 0 saturated carbocycles. The van der Waals surface area contributed by atoms with Gasteiger partial charge in [-0.2, -0.15) is 0 Å². The largest absolute Gasteiger partial charge is 0.508 e. The summed E-state index contributed by atoms with van der Waals surface area (Å²) in [7, 11) is 0. The third-order valence-corrected chi connectivity index (χ3v) is 4.48. The molecule has 4 heteroatoms. The van der Waals surface area contributed by atoms with E-state index in [1.807, 2.05) is 36.4 Å². The van der Waals surface area contributed by atoms with Gasteiger partial charge in [0, 0.05) is 17.7 Å². The number of carbonyl (C=O) groups excluding carboxylic acids is 1. The third kappa shape index (κ3) is 2.46. The van der Waals surface area contributed by atoms with Crippen LogP contribution in [0.4, 0.5) is 11.4 Å². The van der Waals surface area contributed by atoms with Crippen LogP contribution < -0.4 is 10.6 Å². The van der Waals surface area contributed by atoms with Gasteiger partial charge in [-0.15, -0.1) is 0 Å². The maximum atomic E-state index is 12.6. The number of hydrogen-bond donors (Lipinski definition) is 3. The maximum absolute atomic E-state index is 12.6. The zero-order valence-electron chi connectivity index (χ0n) is 12.7. The fourth-order valence-electron chi connectivity index (χ4n) is 3.35. The predicted octanol–water partition coefficient (Wildman–Crippen LogP) is 3.98. The number of ketones is 1. The molecule has 0 radical (unpaired) electrons. The van der Waals surface area contributed by atoms with Crippen molar-refractivity contribution in [3.05, 3.63) is 65.4 Å². The quantitative estimate of drug-likeness (QED) is 0.746. The molecule has 2 aromatic rings. The first kappa shape index (κ1) is 13.9. The number of aromatic hydroxyl groups is 1. The lowest BCUT2D eigenvalue weighted by Gasteiger charge is -2.25. The Morgan fingerprint density at radius 1 is 0.957 bits per heavy atom. The summed E-state index contributed by atoms with van der Waals surface area (Å²) in [6.45, 7) is 0. The van der Waals surface area contributed by atoms with Crippen molar-refractivity contribution < 1.29 is 9.90 Å². The van der Waals surface area contributed by atoms with Gasteiger partial charge < -0.3 is 15.7 Å². The van der Waals surface area contributed by atoms with Crippen molar-refractivity contribution in [2.24, 2.45) is 0 Å². The molecule has 0 unspecified atom stereocenters. The first-order chi connectivity index (χ1) is 11.2. The van der Waals surface area contributed by atoms with Crippen LogP contribution in [0.15, 0.2) is 59.8 Å². The lowest BCUT2D eigenvalue weighted by atomic mass is 9.87. The molecule has 1 aliphatic heterocycles. The Morgan fingerprint density at radius 3 is 2.48 bits per heavy atom. The molecule has 0 spiro atoms. The number of phenolic OH excluding ortho intramolecular Hbond substituents is 1. The van der Waals surface area contributed by atoms with Crippen LogP contribution in [0.25, 0.3) is 0 Å². The number of Topliss-reactive ketones (excluding diaryl/α,β-unsaturated/α-hetero) is 1. The van der Waals surface area contributed by atoms with Crippen LogP contribution in [-0.2, 0) is 4.79 Å². The zero-order chi connectivity index (χ0) is 15.8. The van der Waals surface area contributed by atoms with Crippen molar-refractivity contribution in [2.45, 2.75) is 25.3 Å². The Balaban J connectivity index is 1.86. The molecule has 0 bridgehead atoms. The molecule has 2 aliphatic rings. The van der Waals surface area contributed by atoms with Gasteiger partial charge in [-0.25, -0.2) is 0 Å². The number of allylic oxidation sites excluding steroid dienone is 1. The summed E-state index contributed by atoms with van der Waals surface area (Å²) < 4.78 is 0. The minimum atomic E-state index is -0.199. The second kappa shape index (κ2) is 5.47. The zero-order valence-corrected chi connectivity index (χ0v) is 12.7. The van der Waals surface area contributed by atoms with Crippen molar-refractivity contribution in [2.75, 3.05) is 10.6 Å². The highest BCUT2D eigenvalue weighted by molar-refractivity contribution is 6.00. The first-order valence-electron chi connectivity index (χ1n) is 7.90. The van der Waals surface area contributed by atoms with Gasteiger partial charge in [0.1, 0.15) is 5.75 Å². The molecule has 1 heterocycles. The average Bonchev–Trinajstić information content (AvgIpc) is 2.73. The van der Waals surface area contributed by atoms with Crippen LogP contribution in [0.2, 0.25) is 0 Å². The van der Waals surface area contributed by atoms with Crippen LogP contribution >= 0.6 is 0 Å². The highest BCUT2D eigenvalue weighted by Gasteiger charge is 2.31. The molecule has 3 N–H and O–H groups in total. The summed E-state index contributed by atoms with van der Waals surface area (Å²) in [5.41, 5.74) is 4.78. The number of phenols is 1. The van der Waals surface area contributed by atoms with Crippen molar-refractivity contribution in [1.29, 1.82) is 0 Å². The molecule has 0 fully saturated rings. The number of rotatable bonds is 1. The lowest BCUT2D eigenvalue weighted by molar-refractivity contribution is -0.116. The van der Waals surface area contributed by atoms with Gasteiger partial charge in [0.25, 0.3) is 0 Å². The van der Waals surface area contributed by atoms with Gasteiger partial charge in [0.2, 0.25) is 0 Å². The number of benzene rings is 2. The van der Waals surface area contributed by atoms with E-state index in [9.17, 15) is 9.90 Å². The second-order valence-electron chi connectivity index (χ2n) is 6.01. The second-order valence-corrected chi connectivity index (χ2v) is 6.01. The highest BCUT2D eigenvalue weighted by Crippen LogP contribution is 2.40. The Bertz CT molecular complexity index is 793. The van der Waals surface area contributed by atoms with E-state index < -0.39 is 0 Å². The van der Waals surface area contributed by atoms with Crippen LogP contribution in [0.1, 0.15) is 30.9 Å². The summed E-state index contributed by atoms with van der Waals surface area (Å²) in [5, 5.41) is 16.5. The Labute approximate surface area is 134 Å². The molecule has 1 aliphatic carbocycles. The molecular weight excluding hydrogens is 288 g/mol. The topological polar surface area (TPSA) is 61.4 Å². The monoisotopic (exact) mass is 306 g/mol. The van der Waals surface area contributed by atoms with Crippen molar-refractivity contribution >= 4 is 17.2 Å². The number of fused-ring (bicyclic) bond motifs is 1. The summed E-state index contributed by atoms with van der Waals surface area (Å²) in [6, 6.07) is 14.9. The smallest absolute Gasteiger partial charge is 0.163 e. The molecule has 4 nitrogen and oxygen atoms in total. The first-order valence-corrected chi connectivity index (χ1v) is 7.90. The van der Waals surface area contributed by atoms with E-state index in [1.54, 1.807) is 12.1 Å². The van der Waals surface area contributed by atoms with E-state index >= 15 is 0 Å². The maximum Gasteiger partial charge on any atom is 0.163 e. The average molecular weight is 306 g/mol. The van der Waals surface area contributed by atoms with E-state index in [1.165, 1.54) is 0 Å². The van der Waals surface area contributed by atoms with E-state index in [-0.39, 0.29) is 17.6 Å². The molecule has 116 valence electrons. The summed E-state index contributed by atoms with van der Waals surface area (Å²) in [5.74, 6) is 0.419. The number of hydrogen-bond acceptors (Lipinski definition) is 4. The Hall–Kier alpha value is -2.75. The summed E-state index contributed by atoms with van der Waals surface area (Å²) in [4.78, 5) is 12.6. The summed E-state index contributed by atoms with van der Waals surface area (Å²) in [6.07, 6.45) is 2.36. The molecule has 0 amide bonds. The third-order valence-electron chi connectivity index (χ3n) is 4.48. The van der Waals surface area contributed by atoms with Gasteiger partial charge in [0.15, 0.2) is 5.78 Å². The molecule has 0 aromatic heterocycles. The van der Waals surface area contributed by atoms with Crippen LogP contribution in [0.3, 0.4) is 0 Å². The van der Waals surface area contributed by atoms with Gasteiger partial charge in [-0.05, 0) is 42.7 Å². The van der Waals surface area contributed by atoms with Crippen molar-refractivity contribution in [3.8, 4) is 5.75 Å². The number of carbonyl (C=O) groups is 1. The van der Waals surface area contributed by atoms with Crippen molar-refractivity contribution in [3.63, 3.8) is 0 Å². The number of nitrogens with one attached hydrogen (secondary N) is 2. The minimum absolute atomic E-state index is 0.192. The molecule has 4 rings (SSSR count). The molecular formula is C19H18N2O2. The van der Waals surface area contributed by atoms with E-state index in [0.29, 0.717) is 6.42 Å². The SMILES string of the molecule is O=C1CCCC2=C1[C@@H](c1ccc(O)cc1)Nc1ccccc1N2. The van der Waals surface area contributed by atoms with Gasteiger partial charge in [-0.1, -0.05) is 24.3 Å². The van der Waals surface area contributed by atoms with E-state index in [0.717, 1.165) is 41.1 Å². The Kier molecular flexibility index (Phi) is 3.30. The molecule has 1 atom stereocenters. The number of para-hydroxylation sites is 2. The fourth-order valence-corrected chi connectivity index (χ4v) is 3.35. The molecule has 23 heavy (non-hydrogen) atoms. The number of anilines is 2. The van der Waals surface area contributed by atoms with Gasteiger partial charge in [0.05, 0.1) is 17.4 Å². The van der Waals surface area contributed by atoms with Gasteiger partial charge >= 0.3 is 0 Å². The minimum Gasteiger partial charge on any atom is -0.508 e. The van der Waals surface area contributed by atoms with E-state index in [4.69, 9.17) is 0 Å². The molecule has 2 aromatic carbocycles. The van der Waals surface area contributed by atoms with Gasteiger partial charge in [-0.3, -0.25) is 4.79 Å². The van der Waals surface area contributed by atoms with Crippen LogP contribution in [0.5, 0.6) is 5.75 Å². The predicted molar refractivity (Wildman–Crippen MR) is 90.4 cm³/mol.